The van der Waals surface area contributed by atoms with Crippen LogP contribution in [0.15, 0.2) is 18.3 Å². The van der Waals surface area contributed by atoms with E-state index in [0.29, 0.717) is 12.1 Å². The molecule has 0 radical (unpaired) electrons. The fraction of sp³-hybridized carbons (Fsp3) is 0.588. The minimum atomic E-state index is -0.256. The second kappa shape index (κ2) is 7.55. The van der Waals surface area contributed by atoms with Gasteiger partial charge in [0.1, 0.15) is 5.69 Å². The van der Waals surface area contributed by atoms with Crippen LogP contribution in [0.4, 0.5) is 0 Å². The molecule has 6 heteroatoms. The van der Waals surface area contributed by atoms with Gasteiger partial charge in [-0.1, -0.05) is 0 Å². The van der Waals surface area contributed by atoms with E-state index in [1.54, 1.807) is 12.1 Å². The number of piperidine rings is 1. The van der Waals surface area contributed by atoms with E-state index in [1.165, 1.54) is 12.6 Å². The van der Waals surface area contributed by atoms with Gasteiger partial charge < -0.3 is 15.0 Å². The van der Waals surface area contributed by atoms with E-state index in [4.69, 9.17) is 4.74 Å². The number of ether oxygens (including phenoxy) is 1. The Hall–Kier alpha value is -1.95. The van der Waals surface area contributed by atoms with E-state index in [1.807, 2.05) is 4.90 Å². The first-order valence-corrected chi connectivity index (χ1v) is 8.39. The molecular weight excluding hydrogens is 294 g/mol. The van der Waals surface area contributed by atoms with Gasteiger partial charge in [0.15, 0.2) is 0 Å². The van der Waals surface area contributed by atoms with Crippen LogP contribution in [-0.4, -0.2) is 54.0 Å². The summed E-state index contributed by atoms with van der Waals surface area (Å²) in [6.45, 7) is 2.84. The molecule has 0 aliphatic carbocycles. The van der Waals surface area contributed by atoms with E-state index >= 15 is 0 Å². The second-order valence-electron chi connectivity index (χ2n) is 6.13. The molecule has 0 bridgehead atoms. The van der Waals surface area contributed by atoms with Gasteiger partial charge >= 0.3 is 0 Å². The van der Waals surface area contributed by atoms with Gasteiger partial charge in [-0.05, 0) is 44.2 Å². The zero-order valence-corrected chi connectivity index (χ0v) is 13.3. The zero-order valence-electron chi connectivity index (χ0n) is 13.3. The van der Waals surface area contributed by atoms with Crippen molar-refractivity contribution in [3.05, 3.63) is 29.6 Å². The molecule has 1 aromatic heterocycles. The quantitative estimate of drug-likeness (QED) is 0.916. The molecule has 23 heavy (non-hydrogen) atoms. The topological polar surface area (TPSA) is 71.5 Å². The molecule has 1 N–H and O–H groups in total. The van der Waals surface area contributed by atoms with Crippen LogP contribution in [0.25, 0.3) is 0 Å². The summed E-state index contributed by atoms with van der Waals surface area (Å²) in [5.74, 6) is -0.269. The molecule has 0 spiro atoms. The average Bonchev–Trinajstić information content (AvgIpc) is 3.13. The number of amides is 2. The highest BCUT2D eigenvalue weighted by Gasteiger charge is 2.20. The van der Waals surface area contributed by atoms with Crippen LogP contribution < -0.4 is 5.32 Å². The molecular formula is C17H23N3O3. The number of hydrogen-bond acceptors (Lipinski definition) is 4. The van der Waals surface area contributed by atoms with Crippen molar-refractivity contribution in [1.82, 2.24) is 15.2 Å². The summed E-state index contributed by atoms with van der Waals surface area (Å²) < 4.78 is 5.48. The highest BCUT2D eigenvalue weighted by molar-refractivity contribution is 5.98. The lowest BCUT2D eigenvalue weighted by atomic mass is 10.1. The van der Waals surface area contributed by atoms with Crippen LogP contribution in [0.1, 0.15) is 53.0 Å². The van der Waals surface area contributed by atoms with Crippen LogP contribution in [0.2, 0.25) is 0 Å². The average molecular weight is 317 g/mol. The molecule has 3 heterocycles. The molecule has 0 saturated carbocycles. The molecule has 1 unspecified atom stereocenters. The molecule has 2 amide bonds. The Labute approximate surface area is 136 Å². The fourth-order valence-electron chi connectivity index (χ4n) is 3.07. The summed E-state index contributed by atoms with van der Waals surface area (Å²) in [5.41, 5.74) is 0.815. The third kappa shape index (κ3) is 4.07. The number of rotatable bonds is 4. The Morgan fingerprint density at radius 3 is 2.83 bits per heavy atom. The number of nitrogens with zero attached hydrogens (tertiary/aromatic N) is 2. The molecule has 0 aromatic carbocycles. The van der Waals surface area contributed by atoms with Gasteiger partial charge in [0, 0.05) is 38.0 Å². The van der Waals surface area contributed by atoms with E-state index in [0.717, 1.165) is 45.4 Å². The first-order chi connectivity index (χ1) is 11.2. The summed E-state index contributed by atoms with van der Waals surface area (Å²) in [6, 6.07) is 3.26. The Balaban J connectivity index is 1.61. The number of hydrogen-bond donors (Lipinski definition) is 1. The molecule has 2 aliphatic rings. The van der Waals surface area contributed by atoms with Crippen molar-refractivity contribution < 1.29 is 14.3 Å². The predicted octanol–water partition coefficient (Wildman–Crippen LogP) is 1.62. The number of pyridine rings is 1. The Morgan fingerprint density at radius 1 is 1.26 bits per heavy atom. The third-order valence-electron chi connectivity index (χ3n) is 4.40. The maximum Gasteiger partial charge on any atom is 0.269 e. The van der Waals surface area contributed by atoms with E-state index in [9.17, 15) is 9.59 Å². The number of aromatic nitrogens is 1. The third-order valence-corrected chi connectivity index (χ3v) is 4.40. The zero-order chi connectivity index (χ0) is 16.1. The van der Waals surface area contributed by atoms with Crippen LogP contribution >= 0.6 is 0 Å². The molecule has 124 valence electrons. The summed E-state index contributed by atoms with van der Waals surface area (Å²) in [6.07, 6.45) is 6.91. The largest absolute Gasteiger partial charge is 0.376 e. The fourth-order valence-corrected chi connectivity index (χ4v) is 3.07. The summed E-state index contributed by atoms with van der Waals surface area (Å²) in [5, 5.41) is 2.84. The first-order valence-electron chi connectivity index (χ1n) is 8.39. The van der Waals surface area contributed by atoms with E-state index in [-0.39, 0.29) is 23.6 Å². The van der Waals surface area contributed by atoms with Crippen molar-refractivity contribution in [2.75, 3.05) is 26.2 Å². The number of carbonyl (C=O) groups is 2. The van der Waals surface area contributed by atoms with Crippen molar-refractivity contribution in [3.8, 4) is 0 Å². The van der Waals surface area contributed by atoms with Crippen molar-refractivity contribution in [1.29, 1.82) is 0 Å². The number of carbonyl (C=O) groups excluding carboxylic acids is 2. The molecule has 2 aliphatic heterocycles. The maximum atomic E-state index is 12.5. The first kappa shape index (κ1) is 15.9. The van der Waals surface area contributed by atoms with E-state index < -0.39 is 0 Å². The molecule has 1 atom stereocenters. The van der Waals surface area contributed by atoms with Crippen LogP contribution in [0, 0.1) is 0 Å². The van der Waals surface area contributed by atoms with Gasteiger partial charge in [-0.15, -0.1) is 0 Å². The van der Waals surface area contributed by atoms with Gasteiger partial charge in [-0.3, -0.25) is 14.6 Å². The highest BCUT2D eigenvalue weighted by Crippen LogP contribution is 2.14. The van der Waals surface area contributed by atoms with Crippen molar-refractivity contribution in [3.63, 3.8) is 0 Å². The molecule has 2 saturated heterocycles. The second-order valence-corrected chi connectivity index (χ2v) is 6.13. The lowest BCUT2D eigenvalue weighted by molar-refractivity contribution is 0.0724. The number of likely N-dealkylation sites (tertiary alicyclic amines) is 1. The molecule has 2 fully saturated rings. The Morgan fingerprint density at radius 2 is 2.09 bits per heavy atom. The Kier molecular flexibility index (Phi) is 5.23. The molecule has 1 aromatic rings. The molecule has 6 nitrogen and oxygen atoms in total. The van der Waals surface area contributed by atoms with Gasteiger partial charge in [-0.2, -0.15) is 0 Å². The number of nitrogens with one attached hydrogen (secondary N) is 1. The van der Waals surface area contributed by atoms with Crippen LogP contribution in [0.3, 0.4) is 0 Å². The molecule has 3 rings (SSSR count). The van der Waals surface area contributed by atoms with Crippen molar-refractivity contribution >= 4 is 11.8 Å². The van der Waals surface area contributed by atoms with Gasteiger partial charge in [0.2, 0.25) is 0 Å². The van der Waals surface area contributed by atoms with Gasteiger partial charge in [0.25, 0.3) is 11.8 Å². The monoisotopic (exact) mass is 317 g/mol. The van der Waals surface area contributed by atoms with E-state index in [2.05, 4.69) is 10.3 Å². The summed E-state index contributed by atoms with van der Waals surface area (Å²) in [7, 11) is 0. The summed E-state index contributed by atoms with van der Waals surface area (Å²) in [4.78, 5) is 30.6. The minimum Gasteiger partial charge on any atom is -0.376 e. The van der Waals surface area contributed by atoms with Crippen LogP contribution in [-0.2, 0) is 4.74 Å². The Bertz CT molecular complexity index is 564. The SMILES string of the molecule is O=C(NCC1CCCO1)c1cc(C(=O)N2CCCCC2)ccn1. The van der Waals surface area contributed by atoms with Crippen LogP contribution in [0.5, 0.6) is 0 Å². The lowest BCUT2D eigenvalue weighted by Crippen LogP contribution is -2.36. The normalized spacial score (nSPS) is 21.2. The van der Waals surface area contributed by atoms with Gasteiger partial charge in [0.05, 0.1) is 6.10 Å². The summed E-state index contributed by atoms with van der Waals surface area (Å²) >= 11 is 0. The minimum absolute atomic E-state index is 0.0136. The maximum absolute atomic E-state index is 12.5. The lowest BCUT2D eigenvalue weighted by Gasteiger charge is -2.26. The van der Waals surface area contributed by atoms with Crippen molar-refractivity contribution in [2.24, 2.45) is 0 Å². The smallest absolute Gasteiger partial charge is 0.269 e. The van der Waals surface area contributed by atoms with Gasteiger partial charge in [-0.25, -0.2) is 0 Å². The highest BCUT2D eigenvalue weighted by atomic mass is 16.5. The standard InChI is InChI=1S/C17H23N3O3/c21-16(19-12-14-5-4-10-23-14)15-11-13(6-7-18-15)17(22)20-8-2-1-3-9-20/h6-7,11,14H,1-5,8-10,12H2,(H,19,21). The predicted molar refractivity (Wildman–Crippen MR) is 85.3 cm³/mol. The van der Waals surface area contributed by atoms with Crippen molar-refractivity contribution in [2.45, 2.75) is 38.2 Å².